The van der Waals surface area contributed by atoms with Crippen LogP contribution in [0.15, 0.2) is 108 Å². The lowest BCUT2D eigenvalue weighted by molar-refractivity contribution is 0.0737. The Kier molecular flexibility index (Phi) is 6.88. The normalized spacial score (nSPS) is 11.1. The van der Waals surface area contributed by atoms with Gasteiger partial charge in [-0.3, -0.25) is 4.79 Å². The zero-order valence-corrected chi connectivity index (χ0v) is 20.6. The second-order valence-electron chi connectivity index (χ2n) is 8.17. The Balaban J connectivity index is 1.41. The number of carbonyl (C=O) groups is 2. The third-order valence-electron chi connectivity index (χ3n) is 5.80. The molecule has 0 fully saturated rings. The number of allylic oxidation sites excluding steroid dienone is 1. The molecule has 0 saturated heterocycles. The Morgan fingerprint density at radius 3 is 2.27 bits per heavy atom. The first-order valence-corrected chi connectivity index (χ1v) is 11.9. The fourth-order valence-corrected chi connectivity index (χ4v) is 4.12. The summed E-state index contributed by atoms with van der Waals surface area (Å²) >= 11 is 6.14. The maximum absolute atomic E-state index is 13.4. The number of rotatable bonds is 7. The van der Waals surface area contributed by atoms with Gasteiger partial charge in [0, 0.05) is 21.5 Å². The minimum absolute atomic E-state index is 0.197. The first kappa shape index (κ1) is 24.1. The van der Waals surface area contributed by atoms with E-state index in [4.69, 9.17) is 25.5 Å². The van der Waals surface area contributed by atoms with Crippen LogP contribution in [0.1, 0.15) is 26.3 Å². The average Bonchev–Trinajstić information content (AvgIpc) is 3.32. The predicted octanol–water partition coefficient (Wildman–Crippen LogP) is 7.88. The van der Waals surface area contributed by atoms with E-state index in [1.807, 2.05) is 48.5 Å². The van der Waals surface area contributed by atoms with Gasteiger partial charge in [-0.1, -0.05) is 60.1 Å². The van der Waals surface area contributed by atoms with Crippen LogP contribution in [0.5, 0.6) is 11.5 Å². The van der Waals surface area contributed by atoms with Crippen LogP contribution in [-0.2, 0) is 0 Å². The van der Waals surface area contributed by atoms with Crippen molar-refractivity contribution in [3.8, 4) is 22.8 Å². The molecular weight excluding hydrogens is 488 g/mol. The van der Waals surface area contributed by atoms with E-state index >= 15 is 0 Å². The number of hydrogen-bond acceptors (Lipinski definition) is 5. The van der Waals surface area contributed by atoms with Gasteiger partial charge in [0.05, 0.1) is 7.11 Å². The highest BCUT2D eigenvalue weighted by molar-refractivity contribution is 6.32. The molecule has 0 spiro atoms. The highest BCUT2D eigenvalue weighted by Gasteiger charge is 2.24. The molecule has 0 N–H and O–H groups in total. The molecule has 5 nitrogen and oxygen atoms in total. The molecule has 1 heterocycles. The van der Waals surface area contributed by atoms with E-state index in [2.05, 4.69) is 0 Å². The molecule has 0 radical (unpaired) electrons. The summed E-state index contributed by atoms with van der Waals surface area (Å²) in [5.41, 5.74) is 2.78. The van der Waals surface area contributed by atoms with Crippen molar-refractivity contribution in [2.24, 2.45) is 0 Å². The van der Waals surface area contributed by atoms with Gasteiger partial charge in [0.2, 0.25) is 0 Å². The summed E-state index contributed by atoms with van der Waals surface area (Å²) in [5, 5.41) is 1.15. The molecule has 182 valence electrons. The fourth-order valence-electron chi connectivity index (χ4n) is 3.92. The minimum Gasteiger partial charge on any atom is -0.497 e. The van der Waals surface area contributed by atoms with E-state index in [0.29, 0.717) is 44.4 Å². The molecule has 0 aliphatic heterocycles. The Morgan fingerprint density at radius 2 is 1.54 bits per heavy atom. The molecule has 0 amide bonds. The van der Waals surface area contributed by atoms with Crippen LogP contribution in [0.3, 0.4) is 0 Å². The number of hydrogen-bond donors (Lipinski definition) is 0. The lowest BCUT2D eigenvalue weighted by Crippen LogP contribution is -2.09. The van der Waals surface area contributed by atoms with Crippen molar-refractivity contribution in [1.82, 2.24) is 0 Å². The van der Waals surface area contributed by atoms with Gasteiger partial charge >= 0.3 is 5.97 Å². The molecule has 37 heavy (non-hydrogen) atoms. The summed E-state index contributed by atoms with van der Waals surface area (Å²) in [6.45, 7) is 0. The van der Waals surface area contributed by atoms with Crippen LogP contribution in [0.4, 0.5) is 0 Å². The fraction of sp³-hybridized carbons (Fsp3) is 0.0323. The summed E-state index contributed by atoms with van der Waals surface area (Å²) in [6.07, 6.45) is 3.13. The lowest BCUT2D eigenvalue weighted by atomic mass is 10.1. The molecule has 5 rings (SSSR count). The van der Waals surface area contributed by atoms with Crippen LogP contribution in [-0.4, -0.2) is 18.9 Å². The van der Waals surface area contributed by atoms with Crippen LogP contribution >= 0.6 is 11.6 Å². The molecule has 1 aromatic heterocycles. The molecular formula is C31H21ClO5. The molecule has 0 bridgehead atoms. The second kappa shape index (κ2) is 10.6. The van der Waals surface area contributed by atoms with Gasteiger partial charge in [0.25, 0.3) is 0 Å². The predicted molar refractivity (Wildman–Crippen MR) is 144 cm³/mol. The summed E-state index contributed by atoms with van der Waals surface area (Å²) in [5.74, 6) is 0.522. The molecule has 0 unspecified atom stereocenters. The van der Waals surface area contributed by atoms with Crippen LogP contribution < -0.4 is 9.47 Å². The Hall–Kier alpha value is -4.61. The average molecular weight is 509 g/mol. The number of methoxy groups -OCH3 is 1. The van der Waals surface area contributed by atoms with Gasteiger partial charge in [-0.05, 0) is 66.2 Å². The molecule has 0 atom stereocenters. The van der Waals surface area contributed by atoms with Crippen molar-refractivity contribution >= 4 is 40.4 Å². The summed E-state index contributed by atoms with van der Waals surface area (Å²) in [7, 11) is 1.56. The van der Waals surface area contributed by atoms with E-state index in [-0.39, 0.29) is 5.78 Å². The zero-order valence-electron chi connectivity index (χ0n) is 19.8. The van der Waals surface area contributed by atoms with E-state index < -0.39 is 5.97 Å². The minimum atomic E-state index is -0.580. The number of ether oxygens (including phenoxy) is 2. The van der Waals surface area contributed by atoms with Gasteiger partial charge in [0.1, 0.15) is 28.4 Å². The number of halogens is 1. The molecule has 4 aromatic carbocycles. The van der Waals surface area contributed by atoms with Crippen molar-refractivity contribution in [3.05, 3.63) is 125 Å². The quantitative estimate of drug-likeness (QED) is 0.0968. The number of benzene rings is 4. The van der Waals surface area contributed by atoms with Gasteiger partial charge < -0.3 is 13.9 Å². The SMILES string of the molecule is COc1ccc2oc(-c3ccccc3)c(C(=O)Oc3ccc(C(=O)C=Cc4ccccc4Cl)cc3)c2c1. The van der Waals surface area contributed by atoms with Crippen LogP contribution in [0.25, 0.3) is 28.4 Å². The van der Waals surface area contributed by atoms with E-state index in [0.717, 1.165) is 11.1 Å². The maximum Gasteiger partial charge on any atom is 0.348 e. The molecule has 0 saturated carbocycles. The van der Waals surface area contributed by atoms with Crippen LogP contribution in [0.2, 0.25) is 5.02 Å². The van der Waals surface area contributed by atoms with Gasteiger partial charge in [0.15, 0.2) is 5.78 Å². The maximum atomic E-state index is 13.4. The summed E-state index contributed by atoms with van der Waals surface area (Å²) in [6, 6.07) is 28.3. The topological polar surface area (TPSA) is 65.7 Å². The van der Waals surface area contributed by atoms with Gasteiger partial charge in [-0.2, -0.15) is 0 Å². The molecule has 5 aromatic rings. The van der Waals surface area contributed by atoms with Crippen molar-refractivity contribution in [2.75, 3.05) is 7.11 Å². The number of esters is 1. The van der Waals surface area contributed by atoms with Gasteiger partial charge in [-0.25, -0.2) is 4.79 Å². The number of ketones is 1. The highest BCUT2D eigenvalue weighted by atomic mass is 35.5. The summed E-state index contributed by atoms with van der Waals surface area (Å²) in [4.78, 5) is 26.0. The molecule has 0 aliphatic rings. The molecule has 6 heteroatoms. The third kappa shape index (κ3) is 5.17. The zero-order chi connectivity index (χ0) is 25.8. The third-order valence-corrected chi connectivity index (χ3v) is 6.15. The van der Waals surface area contributed by atoms with Crippen molar-refractivity contribution in [3.63, 3.8) is 0 Å². The lowest BCUT2D eigenvalue weighted by Gasteiger charge is -2.06. The van der Waals surface area contributed by atoms with E-state index in [1.165, 1.54) is 6.08 Å². The van der Waals surface area contributed by atoms with Crippen molar-refractivity contribution in [2.45, 2.75) is 0 Å². The van der Waals surface area contributed by atoms with Crippen LogP contribution in [0, 0.1) is 0 Å². The highest BCUT2D eigenvalue weighted by Crippen LogP contribution is 2.36. The first-order chi connectivity index (χ1) is 18.0. The standard InChI is InChI=1S/C31H21ClO5/c1-35-24-16-18-28-25(19-24)29(30(37-28)22-8-3-2-4-9-22)31(34)36-23-14-11-21(12-15-23)27(33)17-13-20-7-5-6-10-26(20)32/h2-19H,1H3. The Bertz CT molecular complexity index is 1620. The number of carbonyl (C=O) groups excluding carboxylic acids is 2. The van der Waals surface area contributed by atoms with E-state index in [9.17, 15) is 9.59 Å². The van der Waals surface area contributed by atoms with Gasteiger partial charge in [-0.15, -0.1) is 0 Å². The van der Waals surface area contributed by atoms with E-state index in [1.54, 1.807) is 61.7 Å². The molecule has 0 aliphatic carbocycles. The smallest absolute Gasteiger partial charge is 0.348 e. The summed E-state index contributed by atoms with van der Waals surface area (Å²) < 4.78 is 17.1. The van der Waals surface area contributed by atoms with Crippen molar-refractivity contribution < 1.29 is 23.5 Å². The second-order valence-corrected chi connectivity index (χ2v) is 8.57. The van der Waals surface area contributed by atoms with Crippen molar-refractivity contribution in [1.29, 1.82) is 0 Å². The number of fused-ring (bicyclic) bond motifs is 1. The Labute approximate surface area is 218 Å². The monoisotopic (exact) mass is 508 g/mol. The largest absolute Gasteiger partial charge is 0.497 e. The first-order valence-electron chi connectivity index (χ1n) is 11.5. The number of furan rings is 1. The Morgan fingerprint density at radius 1 is 0.838 bits per heavy atom.